The van der Waals surface area contributed by atoms with E-state index in [1.807, 2.05) is 0 Å². The number of hydrogen-bond donors (Lipinski definition) is 0. The predicted octanol–water partition coefficient (Wildman–Crippen LogP) is 0.194. The first-order valence-electron chi connectivity index (χ1n) is 3.32. The summed E-state index contributed by atoms with van der Waals surface area (Å²) in [6, 6.07) is 0. The fraction of sp³-hybridized carbons (Fsp3) is 0.833. The first-order valence-corrected chi connectivity index (χ1v) is 5.27. The van der Waals surface area contributed by atoms with E-state index in [2.05, 4.69) is 5.16 Å². The van der Waals surface area contributed by atoms with Gasteiger partial charge >= 0.3 is 0 Å². The average molecular weight is 177 g/mol. The SMILES string of the molecule is CC1=NOC(C)C1S(C)(=O)=O. The van der Waals surface area contributed by atoms with Crippen LogP contribution in [0.25, 0.3) is 0 Å². The molecule has 4 nitrogen and oxygen atoms in total. The van der Waals surface area contributed by atoms with E-state index < -0.39 is 15.1 Å². The van der Waals surface area contributed by atoms with Crippen molar-refractivity contribution in [3.63, 3.8) is 0 Å². The van der Waals surface area contributed by atoms with Gasteiger partial charge < -0.3 is 4.84 Å². The van der Waals surface area contributed by atoms with Gasteiger partial charge in [-0.3, -0.25) is 0 Å². The number of sulfone groups is 1. The van der Waals surface area contributed by atoms with Crippen LogP contribution in [0, 0.1) is 0 Å². The van der Waals surface area contributed by atoms with Crippen LogP contribution in [0.15, 0.2) is 5.16 Å². The molecular weight excluding hydrogens is 166 g/mol. The van der Waals surface area contributed by atoms with Crippen LogP contribution in [0.2, 0.25) is 0 Å². The topological polar surface area (TPSA) is 55.7 Å². The number of rotatable bonds is 1. The fourth-order valence-electron chi connectivity index (χ4n) is 1.27. The Hall–Kier alpha value is -0.580. The van der Waals surface area contributed by atoms with Crippen molar-refractivity contribution in [2.24, 2.45) is 5.16 Å². The largest absolute Gasteiger partial charge is 0.391 e. The first-order chi connectivity index (χ1) is 4.93. The zero-order chi connectivity index (χ0) is 8.65. The Morgan fingerprint density at radius 1 is 1.55 bits per heavy atom. The third-order valence-electron chi connectivity index (χ3n) is 1.66. The Labute approximate surface area is 66.1 Å². The van der Waals surface area contributed by atoms with Crippen molar-refractivity contribution in [2.75, 3.05) is 6.26 Å². The third-order valence-corrected chi connectivity index (χ3v) is 3.31. The van der Waals surface area contributed by atoms with Crippen LogP contribution >= 0.6 is 0 Å². The molecule has 0 saturated heterocycles. The van der Waals surface area contributed by atoms with Crippen molar-refractivity contribution < 1.29 is 13.3 Å². The summed E-state index contributed by atoms with van der Waals surface area (Å²) in [6.07, 6.45) is 0.854. The maximum atomic E-state index is 11.1. The molecule has 1 heterocycles. The molecule has 64 valence electrons. The van der Waals surface area contributed by atoms with Gasteiger partial charge in [-0.15, -0.1) is 0 Å². The van der Waals surface area contributed by atoms with Gasteiger partial charge in [0.1, 0.15) is 11.4 Å². The minimum Gasteiger partial charge on any atom is -0.391 e. The highest BCUT2D eigenvalue weighted by molar-refractivity contribution is 7.92. The second-order valence-electron chi connectivity index (χ2n) is 2.79. The molecule has 0 radical (unpaired) electrons. The maximum absolute atomic E-state index is 11.1. The van der Waals surface area contributed by atoms with Crippen molar-refractivity contribution in [1.29, 1.82) is 0 Å². The molecule has 0 aliphatic carbocycles. The molecule has 2 unspecified atom stereocenters. The van der Waals surface area contributed by atoms with Crippen LogP contribution in [0.3, 0.4) is 0 Å². The van der Waals surface area contributed by atoms with Crippen LogP contribution < -0.4 is 0 Å². The molecule has 0 saturated carbocycles. The molecule has 0 amide bonds. The minimum atomic E-state index is -3.06. The summed E-state index contributed by atoms with van der Waals surface area (Å²) >= 11 is 0. The summed E-state index contributed by atoms with van der Waals surface area (Å²) in [5.41, 5.74) is 0.542. The van der Waals surface area contributed by atoms with Gasteiger partial charge in [-0.25, -0.2) is 8.42 Å². The number of hydrogen-bond acceptors (Lipinski definition) is 4. The standard InChI is InChI=1S/C6H11NO3S/c1-4-6(11(3,8)9)5(2)10-7-4/h5-6H,1-3H3. The molecule has 0 bridgehead atoms. The summed E-state index contributed by atoms with van der Waals surface area (Å²) < 4.78 is 22.2. The second kappa shape index (κ2) is 2.48. The quantitative estimate of drug-likeness (QED) is 0.574. The Balaban J connectivity index is 2.97. The summed E-state index contributed by atoms with van der Waals surface area (Å²) in [6.45, 7) is 3.36. The van der Waals surface area contributed by atoms with Crippen molar-refractivity contribution in [3.05, 3.63) is 0 Å². The molecule has 2 atom stereocenters. The molecule has 11 heavy (non-hydrogen) atoms. The first kappa shape index (κ1) is 8.52. The van der Waals surface area contributed by atoms with Crippen molar-refractivity contribution in [3.8, 4) is 0 Å². The molecule has 0 spiro atoms. The summed E-state index contributed by atoms with van der Waals surface area (Å²) in [5, 5.41) is 3.05. The minimum absolute atomic E-state index is 0.343. The maximum Gasteiger partial charge on any atom is 0.159 e. The van der Waals surface area contributed by atoms with Crippen LogP contribution in [0.4, 0.5) is 0 Å². The van der Waals surface area contributed by atoms with Gasteiger partial charge in [0.05, 0.1) is 5.71 Å². The van der Waals surface area contributed by atoms with E-state index >= 15 is 0 Å². The molecule has 0 N–H and O–H groups in total. The van der Waals surface area contributed by atoms with E-state index in [0.717, 1.165) is 0 Å². The van der Waals surface area contributed by atoms with Gasteiger partial charge in [-0.1, -0.05) is 5.16 Å². The van der Waals surface area contributed by atoms with Crippen LogP contribution in [-0.2, 0) is 14.7 Å². The number of nitrogens with zero attached hydrogens (tertiary/aromatic N) is 1. The van der Waals surface area contributed by atoms with Crippen LogP contribution in [0.1, 0.15) is 13.8 Å². The molecule has 5 heteroatoms. The molecule has 0 aromatic heterocycles. The Kier molecular flexibility index (Phi) is 1.92. The monoisotopic (exact) mass is 177 g/mol. The van der Waals surface area contributed by atoms with Crippen LogP contribution in [-0.4, -0.2) is 31.7 Å². The van der Waals surface area contributed by atoms with Gasteiger partial charge in [0.25, 0.3) is 0 Å². The highest BCUT2D eigenvalue weighted by atomic mass is 32.2. The van der Waals surface area contributed by atoms with Gasteiger partial charge in [0.15, 0.2) is 9.84 Å². The molecule has 1 aliphatic rings. The Bertz CT molecular complexity index is 280. The van der Waals surface area contributed by atoms with E-state index in [0.29, 0.717) is 5.71 Å². The Morgan fingerprint density at radius 2 is 2.09 bits per heavy atom. The van der Waals surface area contributed by atoms with Gasteiger partial charge in [0.2, 0.25) is 0 Å². The molecular formula is C6H11NO3S. The van der Waals surface area contributed by atoms with Crippen molar-refractivity contribution >= 4 is 15.5 Å². The lowest BCUT2D eigenvalue weighted by molar-refractivity contribution is 0.101. The van der Waals surface area contributed by atoms with E-state index in [9.17, 15) is 8.42 Å². The Morgan fingerprint density at radius 3 is 2.27 bits per heavy atom. The van der Waals surface area contributed by atoms with E-state index in [4.69, 9.17) is 4.84 Å². The molecule has 0 aromatic carbocycles. The average Bonchev–Trinajstić information content (AvgIpc) is 2.08. The predicted molar refractivity (Wildman–Crippen MR) is 42.3 cm³/mol. The number of oxime groups is 1. The summed E-state index contributed by atoms with van der Waals surface area (Å²) in [7, 11) is -3.06. The van der Waals surface area contributed by atoms with E-state index in [1.165, 1.54) is 6.26 Å². The lowest BCUT2D eigenvalue weighted by Crippen LogP contribution is -2.33. The second-order valence-corrected chi connectivity index (χ2v) is 4.96. The van der Waals surface area contributed by atoms with E-state index in [1.54, 1.807) is 13.8 Å². The van der Waals surface area contributed by atoms with Crippen molar-refractivity contribution in [2.45, 2.75) is 25.2 Å². The lowest BCUT2D eigenvalue weighted by atomic mass is 10.2. The highest BCUT2D eigenvalue weighted by Crippen LogP contribution is 2.17. The summed E-state index contributed by atoms with van der Waals surface area (Å²) in [5.74, 6) is 0. The lowest BCUT2D eigenvalue weighted by Gasteiger charge is -2.10. The zero-order valence-electron chi connectivity index (χ0n) is 6.73. The third kappa shape index (κ3) is 1.53. The molecule has 0 fully saturated rings. The molecule has 0 aromatic rings. The fourth-order valence-corrected chi connectivity index (χ4v) is 2.68. The van der Waals surface area contributed by atoms with Gasteiger partial charge in [-0.05, 0) is 13.8 Å². The normalized spacial score (nSPS) is 31.4. The molecule has 1 rings (SSSR count). The van der Waals surface area contributed by atoms with Gasteiger partial charge in [-0.2, -0.15) is 0 Å². The smallest absolute Gasteiger partial charge is 0.159 e. The van der Waals surface area contributed by atoms with Gasteiger partial charge in [0, 0.05) is 6.26 Å². The zero-order valence-corrected chi connectivity index (χ0v) is 7.55. The summed E-state index contributed by atoms with van der Waals surface area (Å²) in [4.78, 5) is 4.81. The van der Waals surface area contributed by atoms with Crippen molar-refractivity contribution in [1.82, 2.24) is 0 Å². The van der Waals surface area contributed by atoms with Crippen LogP contribution in [0.5, 0.6) is 0 Å². The van der Waals surface area contributed by atoms with E-state index in [-0.39, 0.29) is 6.10 Å². The molecule has 1 aliphatic heterocycles. The highest BCUT2D eigenvalue weighted by Gasteiger charge is 2.36.